The van der Waals surface area contributed by atoms with Gasteiger partial charge in [-0.2, -0.15) is 0 Å². The highest BCUT2D eigenvalue weighted by molar-refractivity contribution is 6.06. The Kier molecular flexibility index (Phi) is 2.98. The van der Waals surface area contributed by atoms with Crippen LogP contribution in [0.3, 0.4) is 0 Å². The molecule has 19 heavy (non-hydrogen) atoms. The third-order valence-electron chi connectivity index (χ3n) is 3.91. The van der Waals surface area contributed by atoms with Crippen LogP contribution in [-0.4, -0.2) is 5.71 Å². The van der Waals surface area contributed by atoms with E-state index in [9.17, 15) is 0 Å². The van der Waals surface area contributed by atoms with E-state index in [1.807, 2.05) is 0 Å². The molecule has 2 aromatic rings. The zero-order chi connectivity index (χ0) is 13.4. The molecule has 96 valence electrons. The lowest BCUT2D eigenvalue weighted by molar-refractivity contribution is 1.11. The van der Waals surface area contributed by atoms with Gasteiger partial charge < -0.3 is 0 Å². The Labute approximate surface area is 115 Å². The van der Waals surface area contributed by atoms with Gasteiger partial charge in [0.2, 0.25) is 0 Å². The fourth-order valence-electron chi connectivity index (χ4n) is 2.73. The van der Waals surface area contributed by atoms with E-state index in [0.29, 0.717) is 0 Å². The van der Waals surface area contributed by atoms with Crippen molar-refractivity contribution >= 4 is 11.4 Å². The van der Waals surface area contributed by atoms with Crippen LogP contribution in [0, 0.1) is 13.8 Å². The summed E-state index contributed by atoms with van der Waals surface area (Å²) in [5.74, 6) is 0. The molecule has 1 aliphatic heterocycles. The highest BCUT2D eigenvalue weighted by Gasteiger charge is 2.16. The Morgan fingerprint density at radius 2 is 1.89 bits per heavy atom. The second-order valence-corrected chi connectivity index (χ2v) is 5.36. The lowest BCUT2D eigenvalue weighted by Gasteiger charge is -2.06. The molecule has 0 aromatic heterocycles. The van der Waals surface area contributed by atoms with Crippen LogP contribution in [0.2, 0.25) is 0 Å². The first-order chi connectivity index (χ1) is 9.17. The summed E-state index contributed by atoms with van der Waals surface area (Å²) in [6.07, 6.45) is 2.05. The van der Waals surface area contributed by atoms with Crippen molar-refractivity contribution in [2.75, 3.05) is 0 Å². The van der Waals surface area contributed by atoms with Crippen molar-refractivity contribution in [3.05, 3.63) is 64.2 Å². The molecule has 1 heterocycles. The minimum Gasteiger partial charge on any atom is -0.252 e. The normalized spacial score (nSPS) is 13.3. The molecule has 0 saturated carbocycles. The van der Waals surface area contributed by atoms with Crippen LogP contribution in [0.15, 0.2) is 41.4 Å². The lowest BCUT2D eigenvalue weighted by atomic mass is 9.98. The minimum atomic E-state index is 0.959. The van der Waals surface area contributed by atoms with Crippen LogP contribution in [0.4, 0.5) is 5.69 Å². The van der Waals surface area contributed by atoms with Gasteiger partial charge in [0.25, 0.3) is 0 Å². The molecular weight excluding hydrogens is 230 g/mol. The van der Waals surface area contributed by atoms with E-state index in [0.717, 1.165) is 18.5 Å². The summed E-state index contributed by atoms with van der Waals surface area (Å²) in [6, 6.07) is 13.3. The van der Waals surface area contributed by atoms with E-state index >= 15 is 0 Å². The van der Waals surface area contributed by atoms with Crippen LogP contribution in [0.1, 0.15) is 34.7 Å². The van der Waals surface area contributed by atoms with Crippen molar-refractivity contribution in [2.45, 2.75) is 33.6 Å². The Morgan fingerprint density at radius 3 is 2.63 bits per heavy atom. The third-order valence-corrected chi connectivity index (χ3v) is 3.91. The fraction of sp³-hybridized carbons (Fsp3) is 0.278. The van der Waals surface area contributed by atoms with Crippen molar-refractivity contribution in [2.24, 2.45) is 4.99 Å². The van der Waals surface area contributed by atoms with Crippen molar-refractivity contribution in [1.82, 2.24) is 0 Å². The first-order valence-electron chi connectivity index (χ1n) is 6.94. The third kappa shape index (κ3) is 2.21. The molecule has 0 spiro atoms. The number of fused-ring (bicyclic) bond motifs is 1. The molecule has 0 bridgehead atoms. The number of aryl methyl sites for hydroxylation is 3. The maximum atomic E-state index is 4.80. The predicted molar refractivity (Wildman–Crippen MR) is 81.6 cm³/mol. The van der Waals surface area contributed by atoms with Crippen LogP contribution in [0.25, 0.3) is 0 Å². The highest BCUT2D eigenvalue weighted by atomic mass is 14.8. The molecule has 0 fully saturated rings. The van der Waals surface area contributed by atoms with Crippen molar-refractivity contribution < 1.29 is 0 Å². The molecule has 0 aliphatic carbocycles. The molecule has 0 atom stereocenters. The standard InChI is InChI=1S/C18H19N/c1-4-14-7-8-15(10-13(14)3)18-11-16-6-5-12(2)9-17(16)19-18/h5-10H,4,11H2,1-3H3. The molecule has 0 amide bonds. The molecule has 0 N–H and O–H groups in total. The van der Waals surface area contributed by atoms with E-state index in [4.69, 9.17) is 4.99 Å². The summed E-state index contributed by atoms with van der Waals surface area (Å²) in [5, 5.41) is 0. The van der Waals surface area contributed by atoms with Gasteiger partial charge in [-0.3, -0.25) is 4.99 Å². The maximum absolute atomic E-state index is 4.80. The van der Waals surface area contributed by atoms with E-state index < -0.39 is 0 Å². The minimum absolute atomic E-state index is 0.959. The van der Waals surface area contributed by atoms with Gasteiger partial charge in [-0.1, -0.05) is 31.2 Å². The van der Waals surface area contributed by atoms with Gasteiger partial charge >= 0.3 is 0 Å². The SMILES string of the molecule is CCc1ccc(C2=Nc3cc(C)ccc3C2)cc1C. The second-order valence-electron chi connectivity index (χ2n) is 5.36. The lowest BCUT2D eigenvalue weighted by Crippen LogP contribution is -2.01. The molecule has 0 unspecified atom stereocenters. The van der Waals surface area contributed by atoms with E-state index in [1.165, 1.54) is 33.5 Å². The van der Waals surface area contributed by atoms with Gasteiger partial charge in [-0.25, -0.2) is 0 Å². The van der Waals surface area contributed by atoms with Crippen LogP contribution in [-0.2, 0) is 12.8 Å². The molecule has 1 aliphatic rings. The topological polar surface area (TPSA) is 12.4 Å². The molecular formula is C18H19N. The summed E-state index contributed by atoms with van der Waals surface area (Å²) < 4.78 is 0. The maximum Gasteiger partial charge on any atom is 0.0671 e. The average molecular weight is 249 g/mol. The van der Waals surface area contributed by atoms with Crippen molar-refractivity contribution in [3.63, 3.8) is 0 Å². The second kappa shape index (κ2) is 4.65. The summed E-state index contributed by atoms with van der Waals surface area (Å²) in [5.41, 5.74) is 9.03. The molecule has 0 saturated heterocycles. The Bertz CT molecular complexity index is 665. The van der Waals surface area contributed by atoms with E-state index in [1.54, 1.807) is 0 Å². The number of rotatable bonds is 2. The number of aliphatic imine (C=N–C) groups is 1. The number of hydrogen-bond donors (Lipinski definition) is 0. The molecule has 0 radical (unpaired) electrons. The average Bonchev–Trinajstić information content (AvgIpc) is 2.81. The molecule has 1 nitrogen and oxygen atoms in total. The number of nitrogens with zero attached hydrogens (tertiary/aromatic N) is 1. The Morgan fingerprint density at radius 1 is 1.05 bits per heavy atom. The Hall–Kier alpha value is -1.89. The van der Waals surface area contributed by atoms with Gasteiger partial charge in [0, 0.05) is 6.42 Å². The first-order valence-corrected chi connectivity index (χ1v) is 6.94. The van der Waals surface area contributed by atoms with Gasteiger partial charge in [0.1, 0.15) is 0 Å². The summed E-state index contributed by atoms with van der Waals surface area (Å²) >= 11 is 0. The van der Waals surface area contributed by atoms with Crippen LogP contribution < -0.4 is 0 Å². The summed E-state index contributed by atoms with van der Waals surface area (Å²) in [6.45, 7) is 6.51. The van der Waals surface area contributed by atoms with Crippen LogP contribution in [0.5, 0.6) is 0 Å². The van der Waals surface area contributed by atoms with E-state index in [-0.39, 0.29) is 0 Å². The zero-order valence-electron chi connectivity index (χ0n) is 11.8. The van der Waals surface area contributed by atoms with Gasteiger partial charge in [-0.15, -0.1) is 0 Å². The quantitative estimate of drug-likeness (QED) is 0.740. The number of hydrogen-bond acceptors (Lipinski definition) is 1. The van der Waals surface area contributed by atoms with Gasteiger partial charge in [0.05, 0.1) is 11.4 Å². The largest absolute Gasteiger partial charge is 0.252 e. The molecule has 1 heteroatoms. The van der Waals surface area contributed by atoms with Gasteiger partial charge in [0.15, 0.2) is 0 Å². The van der Waals surface area contributed by atoms with Gasteiger partial charge in [-0.05, 0) is 60.2 Å². The molecule has 3 rings (SSSR count). The van der Waals surface area contributed by atoms with E-state index in [2.05, 4.69) is 57.2 Å². The smallest absolute Gasteiger partial charge is 0.0671 e. The number of benzene rings is 2. The Balaban J connectivity index is 1.97. The van der Waals surface area contributed by atoms with Crippen LogP contribution >= 0.6 is 0 Å². The molecule has 2 aromatic carbocycles. The fourth-order valence-corrected chi connectivity index (χ4v) is 2.73. The summed E-state index contributed by atoms with van der Waals surface area (Å²) in [7, 11) is 0. The van der Waals surface area contributed by atoms with Crippen molar-refractivity contribution in [1.29, 1.82) is 0 Å². The first kappa shape index (κ1) is 12.2. The van der Waals surface area contributed by atoms with Crippen molar-refractivity contribution in [3.8, 4) is 0 Å². The predicted octanol–water partition coefficient (Wildman–Crippen LogP) is 4.54. The highest BCUT2D eigenvalue weighted by Crippen LogP contribution is 2.30. The summed E-state index contributed by atoms with van der Waals surface area (Å²) in [4.78, 5) is 4.80. The zero-order valence-corrected chi connectivity index (χ0v) is 11.8. The monoisotopic (exact) mass is 249 g/mol.